The number of amidine groups is 1. The second-order valence-corrected chi connectivity index (χ2v) is 8.77. The highest BCUT2D eigenvalue weighted by Crippen LogP contribution is 2.50. The highest BCUT2D eigenvalue weighted by molar-refractivity contribution is 8.16. The summed E-state index contributed by atoms with van der Waals surface area (Å²) >= 11 is 1.30. The van der Waals surface area contributed by atoms with Crippen molar-refractivity contribution in [3.8, 4) is 0 Å². The number of carbonyl (C=O) groups excluding carboxylic acids is 1. The van der Waals surface area contributed by atoms with Gasteiger partial charge in [0.15, 0.2) is 5.17 Å². The summed E-state index contributed by atoms with van der Waals surface area (Å²) in [6.45, 7) is 2.48. The highest BCUT2D eigenvalue weighted by Gasteiger charge is 2.59. The first-order valence-electron chi connectivity index (χ1n) is 8.35. The quantitative estimate of drug-likeness (QED) is 0.848. The number of rotatable bonds is 2. The summed E-state index contributed by atoms with van der Waals surface area (Å²) in [4.78, 5) is 16.6. The zero-order valence-electron chi connectivity index (χ0n) is 12.9. The maximum absolute atomic E-state index is 15.3. The second-order valence-electron chi connectivity index (χ2n) is 7.36. The van der Waals surface area contributed by atoms with Crippen molar-refractivity contribution in [1.29, 1.82) is 0 Å². The van der Waals surface area contributed by atoms with Gasteiger partial charge in [-0.05, 0) is 38.0 Å². The van der Waals surface area contributed by atoms with Gasteiger partial charge in [-0.15, -0.1) is 0 Å². The molecule has 2 bridgehead atoms. The summed E-state index contributed by atoms with van der Waals surface area (Å²) in [5, 5.41) is 4.08. The number of amides is 1. The summed E-state index contributed by atoms with van der Waals surface area (Å²) in [5.74, 6) is 1.21. The van der Waals surface area contributed by atoms with Crippen molar-refractivity contribution in [2.45, 2.75) is 61.9 Å². The minimum Gasteiger partial charge on any atom is -0.381 e. The number of hydrogen-bond donors (Lipinski definition) is 1. The molecule has 4 atom stereocenters. The first-order chi connectivity index (χ1) is 10.5. The molecule has 1 amide bonds. The van der Waals surface area contributed by atoms with E-state index in [1.807, 2.05) is 0 Å². The molecule has 4 nitrogen and oxygen atoms in total. The van der Waals surface area contributed by atoms with Crippen LogP contribution in [0.5, 0.6) is 0 Å². The van der Waals surface area contributed by atoms with Crippen molar-refractivity contribution < 1.29 is 13.9 Å². The predicted octanol–water partition coefficient (Wildman–Crippen LogP) is 2.67. The first kappa shape index (κ1) is 14.9. The second kappa shape index (κ2) is 5.20. The van der Waals surface area contributed by atoms with Crippen LogP contribution in [-0.4, -0.2) is 40.7 Å². The third-order valence-corrected chi connectivity index (χ3v) is 7.45. The maximum atomic E-state index is 15.3. The lowest BCUT2D eigenvalue weighted by Crippen LogP contribution is -2.53. The molecule has 4 aliphatic rings. The molecule has 1 saturated heterocycles. The average Bonchev–Trinajstić information content (AvgIpc) is 3.16. The average molecular weight is 326 g/mol. The van der Waals surface area contributed by atoms with Crippen LogP contribution in [0.25, 0.3) is 0 Å². The molecule has 0 aromatic heterocycles. The van der Waals surface area contributed by atoms with E-state index in [4.69, 9.17) is 4.74 Å². The summed E-state index contributed by atoms with van der Waals surface area (Å²) < 4.78 is 19.5. The largest absolute Gasteiger partial charge is 0.381 e. The Hall–Kier alpha value is -0.620. The fourth-order valence-corrected chi connectivity index (χ4v) is 5.80. The molecule has 0 aromatic carbocycles. The topological polar surface area (TPSA) is 50.7 Å². The van der Waals surface area contributed by atoms with Gasteiger partial charge in [0.05, 0.1) is 0 Å². The van der Waals surface area contributed by atoms with Crippen molar-refractivity contribution in [3.05, 3.63) is 0 Å². The van der Waals surface area contributed by atoms with Crippen LogP contribution >= 0.6 is 11.8 Å². The van der Waals surface area contributed by atoms with E-state index in [0.717, 1.165) is 5.92 Å². The van der Waals surface area contributed by atoms with Gasteiger partial charge in [0.2, 0.25) is 0 Å². The molecule has 2 saturated carbocycles. The lowest BCUT2D eigenvalue weighted by atomic mass is 9.82. The normalized spacial score (nSPS) is 43.5. The number of ether oxygens (including phenoxy) is 1. The zero-order valence-corrected chi connectivity index (χ0v) is 13.8. The Morgan fingerprint density at radius 1 is 1.32 bits per heavy atom. The fourth-order valence-electron chi connectivity index (χ4n) is 4.56. The minimum atomic E-state index is -1.52. The Bertz CT molecular complexity index is 520. The number of nitrogens with zero attached hydrogens (tertiary/aromatic N) is 1. The molecule has 2 aliphatic heterocycles. The molecule has 4 rings (SSSR count). The number of halogens is 1. The summed E-state index contributed by atoms with van der Waals surface area (Å²) in [6.07, 6.45) is 5.63. The Morgan fingerprint density at radius 2 is 2.09 bits per heavy atom. The molecule has 0 radical (unpaired) electrons. The van der Waals surface area contributed by atoms with E-state index in [-0.39, 0.29) is 18.7 Å². The van der Waals surface area contributed by atoms with Crippen LogP contribution < -0.4 is 5.32 Å². The number of carbonyl (C=O) groups is 1. The molecule has 0 aromatic rings. The number of aliphatic imine (C=N–C) groups is 1. The molecule has 2 aliphatic carbocycles. The van der Waals surface area contributed by atoms with Crippen LogP contribution in [0.15, 0.2) is 4.99 Å². The van der Waals surface area contributed by atoms with E-state index in [1.165, 1.54) is 37.4 Å². The van der Waals surface area contributed by atoms with Crippen LogP contribution in [0.3, 0.4) is 0 Å². The van der Waals surface area contributed by atoms with Crippen molar-refractivity contribution in [2.75, 3.05) is 13.2 Å². The van der Waals surface area contributed by atoms with Crippen molar-refractivity contribution >= 4 is 22.8 Å². The van der Waals surface area contributed by atoms with Gasteiger partial charge in [-0.25, -0.2) is 4.39 Å². The molecule has 22 heavy (non-hydrogen) atoms. The Labute approximate surface area is 134 Å². The summed E-state index contributed by atoms with van der Waals surface area (Å²) in [6, 6.07) is 0.422. The van der Waals surface area contributed by atoms with Crippen molar-refractivity contribution in [2.24, 2.45) is 16.8 Å². The van der Waals surface area contributed by atoms with E-state index in [0.29, 0.717) is 30.3 Å². The summed E-state index contributed by atoms with van der Waals surface area (Å²) in [5.41, 5.74) is -1.52. The first-order valence-corrected chi connectivity index (χ1v) is 9.17. The van der Waals surface area contributed by atoms with Gasteiger partial charge < -0.3 is 10.1 Å². The zero-order chi connectivity index (χ0) is 15.4. The van der Waals surface area contributed by atoms with Gasteiger partial charge >= 0.3 is 0 Å². The lowest BCUT2D eigenvalue weighted by molar-refractivity contribution is -0.126. The molecule has 6 heteroatoms. The van der Waals surface area contributed by atoms with E-state index in [2.05, 4.69) is 10.3 Å². The molecule has 2 heterocycles. The molecule has 3 fully saturated rings. The van der Waals surface area contributed by atoms with Crippen LogP contribution in [0.2, 0.25) is 0 Å². The van der Waals surface area contributed by atoms with E-state index < -0.39 is 10.4 Å². The molecule has 0 spiro atoms. The van der Waals surface area contributed by atoms with Crippen LogP contribution in [0.1, 0.15) is 45.4 Å². The van der Waals surface area contributed by atoms with Crippen molar-refractivity contribution in [1.82, 2.24) is 5.32 Å². The number of fused-ring (bicyclic) bond motifs is 2. The third-order valence-electron chi connectivity index (χ3n) is 6.10. The molecule has 122 valence electrons. The molecular weight excluding hydrogens is 303 g/mol. The smallest absolute Gasteiger partial charge is 0.267 e. The van der Waals surface area contributed by atoms with Gasteiger partial charge in [-0.2, -0.15) is 4.99 Å². The standard InChI is InChI=1S/C16H23FN2O2S/c1-15(16(17)4-6-21-7-5-16)13(20)19-14(22-15)18-12-9-10-2-3-11(12)8-10/h10-12H,2-9H2,1H3,(H,18,19,20)/t10-,11-,12-,15?/m0/s1. The number of thioether (sulfide) groups is 1. The van der Waals surface area contributed by atoms with E-state index in [1.54, 1.807) is 6.92 Å². The van der Waals surface area contributed by atoms with Crippen molar-refractivity contribution in [3.63, 3.8) is 0 Å². The number of nitrogens with one attached hydrogen (secondary N) is 1. The van der Waals surface area contributed by atoms with Gasteiger partial charge in [0, 0.05) is 32.1 Å². The molecule has 1 unspecified atom stereocenters. The predicted molar refractivity (Wildman–Crippen MR) is 84.7 cm³/mol. The van der Waals surface area contributed by atoms with Gasteiger partial charge in [0.1, 0.15) is 10.4 Å². The van der Waals surface area contributed by atoms with E-state index >= 15 is 4.39 Å². The Morgan fingerprint density at radius 3 is 2.73 bits per heavy atom. The molecule has 1 N–H and O–H groups in total. The monoisotopic (exact) mass is 326 g/mol. The van der Waals surface area contributed by atoms with Gasteiger partial charge in [-0.1, -0.05) is 18.2 Å². The fraction of sp³-hybridized carbons (Fsp3) is 0.875. The maximum Gasteiger partial charge on any atom is 0.267 e. The van der Waals surface area contributed by atoms with Crippen LogP contribution in [0, 0.1) is 11.8 Å². The van der Waals surface area contributed by atoms with Crippen LogP contribution in [-0.2, 0) is 9.53 Å². The van der Waals surface area contributed by atoms with Gasteiger partial charge in [0.25, 0.3) is 5.91 Å². The SMILES string of the molecule is CC1(C2(F)CCOCC2)SC(N[C@H]2C[C@H]3CC[C@H]2C3)=NC1=O. The van der Waals surface area contributed by atoms with Crippen LogP contribution in [0.4, 0.5) is 4.39 Å². The Balaban J connectivity index is 1.46. The molecular formula is C16H23FN2O2S. The number of alkyl halides is 1. The number of hydrogen-bond acceptors (Lipinski definition) is 4. The summed E-state index contributed by atoms with van der Waals surface area (Å²) in [7, 11) is 0. The van der Waals surface area contributed by atoms with Gasteiger partial charge in [-0.3, -0.25) is 4.79 Å². The minimum absolute atomic E-state index is 0.277. The highest BCUT2D eigenvalue weighted by atomic mass is 32.2. The van der Waals surface area contributed by atoms with E-state index in [9.17, 15) is 4.79 Å². The lowest BCUT2D eigenvalue weighted by Gasteiger charge is -2.40. The Kier molecular flexibility index (Phi) is 3.53. The third kappa shape index (κ3) is 2.21.